The molecule has 0 spiro atoms. The fraction of sp³-hybridized carbons (Fsp3) is 0.250. The number of hydrogen-bond acceptors (Lipinski definition) is 4. The van der Waals surface area contributed by atoms with Gasteiger partial charge in [0.25, 0.3) is 0 Å². The summed E-state index contributed by atoms with van der Waals surface area (Å²) in [6.45, 7) is 4.55. The highest BCUT2D eigenvalue weighted by Gasteiger charge is 2.02. The quantitative estimate of drug-likeness (QED) is 0.761. The van der Waals surface area contributed by atoms with Gasteiger partial charge in [0.05, 0.1) is 23.9 Å². The van der Waals surface area contributed by atoms with Crippen LogP contribution in [0.15, 0.2) is 48.2 Å². The van der Waals surface area contributed by atoms with E-state index in [1.54, 1.807) is 11.3 Å². The zero-order chi connectivity index (χ0) is 14.5. The number of aromatic nitrogens is 3. The molecule has 21 heavy (non-hydrogen) atoms. The maximum Gasteiger partial charge on any atom is 0.0798 e. The third-order valence-corrected chi connectivity index (χ3v) is 4.27. The smallest absolute Gasteiger partial charge is 0.0798 e. The molecular formula is C16H18N4S. The molecule has 1 aromatic carbocycles. The van der Waals surface area contributed by atoms with Gasteiger partial charge in [0.2, 0.25) is 0 Å². The van der Waals surface area contributed by atoms with Gasteiger partial charge in [-0.1, -0.05) is 30.3 Å². The van der Waals surface area contributed by atoms with Gasteiger partial charge < -0.3 is 5.32 Å². The highest BCUT2D eigenvalue weighted by molar-refractivity contribution is 7.09. The van der Waals surface area contributed by atoms with E-state index in [0.29, 0.717) is 0 Å². The molecule has 1 N–H and O–H groups in total. The van der Waals surface area contributed by atoms with E-state index in [1.165, 1.54) is 16.0 Å². The van der Waals surface area contributed by atoms with Crippen molar-refractivity contribution in [1.29, 1.82) is 0 Å². The molecule has 0 saturated carbocycles. The molecule has 0 unspecified atom stereocenters. The van der Waals surface area contributed by atoms with Crippen LogP contribution in [0.5, 0.6) is 0 Å². The molecule has 5 heteroatoms. The predicted molar refractivity (Wildman–Crippen MR) is 85.2 cm³/mol. The molecule has 108 valence electrons. The van der Waals surface area contributed by atoms with Crippen LogP contribution >= 0.6 is 11.3 Å². The van der Waals surface area contributed by atoms with Crippen LogP contribution in [-0.4, -0.2) is 14.8 Å². The van der Waals surface area contributed by atoms with Crippen LogP contribution < -0.4 is 5.32 Å². The maximum absolute atomic E-state index is 4.41. The standard InChI is InChI=1S/C16H18N4S/c1-13-16(21-12-18-13)9-17-7-15-8-19-20(11-15)10-14-5-3-2-4-6-14/h2-6,8,11-12,17H,7,9-10H2,1H3. The second kappa shape index (κ2) is 6.65. The van der Waals surface area contributed by atoms with E-state index in [0.717, 1.165) is 25.3 Å². The van der Waals surface area contributed by atoms with Gasteiger partial charge in [0.15, 0.2) is 0 Å². The minimum absolute atomic E-state index is 0.814. The van der Waals surface area contributed by atoms with Crippen LogP contribution in [0.1, 0.15) is 21.7 Å². The fourth-order valence-corrected chi connectivity index (χ4v) is 2.92. The van der Waals surface area contributed by atoms with Crippen molar-refractivity contribution in [3.8, 4) is 0 Å². The monoisotopic (exact) mass is 298 g/mol. The number of rotatable bonds is 6. The average Bonchev–Trinajstić information content (AvgIpc) is 3.10. The lowest BCUT2D eigenvalue weighted by atomic mass is 10.2. The van der Waals surface area contributed by atoms with E-state index in [2.05, 4.69) is 45.9 Å². The van der Waals surface area contributed by atoms with E-state index in [-0.39, 0.29) is 0 Å². The molecule has 4 nitrogen and oxygen atoms in total. The Morgan fingerprint density at radius 2 is 2.00 bits per heavy atom. The molecule has 2 aromatic heterocycles. The largest absolute Gasteiger partial charge is 0.308 e. The number of aryl methyl sites for hydroxylation is 1. The Bertz CT molecular complexity index is 687. The van der Waals surface area contributed by atoms with Gasteiger partial charge in [-0.15, -0.1) is 11.3 Å². The molecule has 3 aromatic rings. The molecule has 0 saturated heterocycles. The summed E-state index contributed by atoms with van der Waals surface area (Å²) in [6.07, 6.45) is 4.02. The molecular weight excluding hydrogens is 280 g/mol. The van der Waals surface area contributed by atoms with Gasteiger partial charge in [0.1, 0.15) is 0 Å². The highest BCUT2D eigenvalue weighted by Crippen LogP contribution is 2.11. The normalized spacial score (nSPS) is 10.9. The minimum atomic E-state index is 0.814. The van der Waals surface area contributed by atoms with Crippen molar-refractivity contribution in [3.63, 3.8) is 0 Å². The molecule has 0 radical (unpaired) electrons. The number of thiazole rings is 1. The Morgan fingerprint density at radius 1 is 1.14 bits per heavy atom. The van der Waals surface area contributed by atoms with E-state index in [9.17, 15) is 0 Å². The first kappa shape index (κ1) is 14.0. The van der Waals surface area contributed by atoms with E-state index in [4.69, 9.17) is 0 Å². The molecule has 0 amide bonds. The zero-order valence-corrected chi connectivity index (χ0v) is 12.8. The molecule has 0 aliphatic heterocycles. The Morgan fingerprint density at radius 3 is 2.76 bits per heavy atom. The Hall–Kier alpha value is -1.98. The van der Waals surface area contributed by atoms with Gasteiger partial charge in [0, 0.05) is 29.7 Å². The highest BCUT2D eigenvalue weighted by atomic mass is 32.1. The Balaban J connectivity index is 1.52. The summed E-state index contributed by atoms with van der Waals surface area (Å²) < 4.78 is 1.98. The van der Waals surface area contributed by atoms with Crippen LogP contribution in [0, 0.1) is 6.92 Å². The van der Waals surface area contributed by atoms with E-state index >= 15 is 0 Å². The van der Waals surface area contributed by atoms with Gasteiger partial charge in [-0.05, 0) is 12.5 Å². The lowest BCUT2D eigenvalue weighted by molar-refractivity contribution is 0.678. The molecule has 0 bridgehead atoms. The molecule has 2 heterocycles. The number of hydrogen-bond donors (Lipinski definition) is 1. The van der Waals surface area contributed by atoms with Crippen LogP contribution in [0.3, 0.4) is 0 Å². The summed E-state index contributed by atoms with van der Waals surface area (Å²) in [5, 5.41) is 7.85. The SMILES string of the molecule is Cc1ncsc1CNCc1cnn(Cc2ccccc2)c1. The first-order valence-electron chi connectivity index (χ1n) is 6.96. The van der Waals surface area contributed by atoms with Crippen LogP contribution in [-0.2, 0) is 19.6 Å². The lowest BCUT2D eigenvalue weighted by Crippen LogP contribution is -2.12. The third kappa shape index (κ3) is 3.77. The summed E-state index contributed by atoms with van der Waals surface area (Å²) in [4.78, 5) is 5.55. The van der Waals surface area contributed by atoms with Gasteiger partial charge in [-0.2, -0.15) is 5.10 Å². The van der Waals surface area contributed by atoms with Gasteiger partial charge in [-0.25, -0.2) is 4.98 Å². The van der Waals surface area contributed by atoms with Crippen molar-refractivity contribution in [3.05, 3.63) is 69.9 Å². The summed E-state index contributed by atoms with van der Waals surface area (Å²) in [6, 6.07) is 10.4. The Kier molecular flexibility index (Phi) is 4.43. The average molecular weight is 298 g/mol. The number of benzene rings is 1. The van der Waals surface area contributed by atoms with Crippen LogP contribution in [0.25, 0.3) is 0 Å². The predicted octanol–water partition coefficient (Wildman–Crippen LogP) is 2.99. The molecule has 0 atom stereocenters. The van der Waals surface area contributed by atoms with Crippen molar-refractivity contribution in [2.24, 2.45) is 0 Å². The first-order chi connectivity index (χ1) is 10.3. The first-order valence-corrected chi connectivity index (χ1v) is 7.84. The van der Waals surface area contributed by atoms with Crippen LogP contribution in [0.4, 0.5) is 0 Å². The molecule has 0 aliphatic rings. The second-order valence-corrected chi connectivity index (χ2v) is 5.94. The van der Waals surface area contributed by atoms with Crippen molar-refractivity contribution in [2.45, 2.75) is 26.6 Å². The second-order valence-electron chi connectivity index (χ2n) is 5.00. The molecule has 0 aliphatic carbocycles. The van der Waals surface area contributed by atoms with Gasteiger partial charge >= 0.3 is 0 Å². The summed E-state index contributed by atoms with van der Waals surface area (Å²) >= 11 is 1.70. The minimum Gasteiger partial charge on any atom is -0.308 e. The third-order valence-electron chi connectivity index (χ3n) is 3.33. The lowest BCUT2D eigenvalue weighted by Gasteiger charge is -2.02. The van der Waals surface area contributed by atoms with Crippen molar-refractivity contribution in [1.82, 2.24) is 20.1 Å². The zero-order valence-electron chi connectivity index (χ0n) is 12.0. The number of nitrogens with one attached hydrogen (secondary N) is 1. The maximum atomic E-state index is 4.41. The summed E-state index contributed by atoms with van der Waals surface area (Å²) in [5.41, 5.74) is 5.48. The fourth-order valence-electron chi connectivity index (χ4n) is 2.17. The molecule has 3 rings (SSSR count). The van der Waals surface area contributed by atoms with Crippen molar-refractivity contribution < 1.29 is 0 Å². The Labute approximate surface area is 128 Å². The topological polar surface area (TPSA) is 42.7 Å². The van der Waals surface area contributed by atoms with Gasteiger partial charge in [-0.3, -0.25) is 4.68 Å². The van der Waals surface area contributed by atoms with Crippen molar-refractivity contribution in [2.75, 3.05) is 0 Å². The summed E-state index contributed by atoms with van der Waals surface area (Å²) in [7, 11) is 0. The van der Waals surface area contributed by atoms with Crippen molar-refractivity contribution >= 4 is 11.3 Å². The van der Waals surface area contributed by atoms with E-state index in [1.807, 2.05) is 29.4 Å². The molecule has 0 fully saturated rings. The number of nitrogens with zero attached hydrogens (tertiary/aromatic N) is 3. The van der Waals surface area contributed by atoms with Crippen LogP contribution in [0.2, 0.25) is 0 Å². The van der Waals surface area contributed by atoms with E-state index < -0.39 is 0 Å². The summed E-state index contributed by atoms with van der Waals surface area (Å²) in [5.74, 6) is 0.